The molecule has 0 spiro atoms. The van der Waals surface area contributed by atoms with E-state index in [9.17, 15) is 0 Å². The first-order valence-corrected chi connectivity index (χ1v) is 29.2. The van der Waals surface area contributed by atoms with E-state index in [0.29, 0.717) is 0 Å². The number of rotatable bonds is 49. The minimum absolute atomic E-state index is 1.15. The predicted octanol–water partition coefficient (Wildman–Crippen LogP) is 21.6. The predicted molar refractivity (Wildman–Crippen MR) is 272 cm³/mol. The van der Waals surface area contributed by atoms with Crippen molar-refractivity contribution in [3.8, 4) is 0 Å². The average molecular weight is 844 g/mol. The Morgan fingerprint density at radius 2 is 0.431 bits per heavy atom. The molecule has 0 aliphatic rings. The van der Waals surface area contributed by atoms with Crippen LogP contribution in [0.4, 0.5) is 0 Å². The molecule has 0 radical (unpaired) electrons. The number of hydrogen-bond acceptors (Lipinski definition) is 2. The standard InChI is InChI=1S/C56H106S2/c1-4-7-9-11-13-15-17-19-21-23-25-27-29-31-33-35-37-39-41-43-45-47-49-57-55-51-54(6-3)52-56(53-55)58-50-48-46-44-42-40-38-36-34-32-30-28-26-24-22-20-18-16-14-12-10-8-5-2/h51-53H,4-50H2,1-3H3. The van der Waals surface area contributed by atoms with Gasteiger partial charge in [0.15, 0.2) is 0 Å². The third-order valence-electron chi connectivity index (χ3n) is 12.9. The lowest BCUT2D eigenvalue weighted by Crippen LogP contribution is -1.88. The van der Waals surface area contributed by atoms with Gasteiger partial charge in [0.1, 0.15) is 0 Å². The van der Waals surface area contributed by atoms with Crippen LogP contribution in [0, 0.1) is 0 Å². The summed E-state index contributed by atoms with van der Waals surface area (Å²) in [6.07, 6.45) is 65.5. The van der Waals surface area contributed by atoms with Crippen molar-refractivity contribution in [2.75, 3.05) is 11.5 Å². The molecule has 0 aliphatic heterocycles. The first kappa shape index (κ1) is 55.9. The van der Waals surface area contributed by atoms with E-state index in [0.717, 1.165) is 6.42 Å². The smallest absolute Gasteiger partial charge is 0.00858 e. The SMILES string of the molecule is CCCCCCCCCCCCCCCCCCCCCCCCSc1cc(CC)cc(SCCCCCCCCCCCCCCCCCCCCCCCC)c1. The van der Waals surface area contributed by atoms with Gasteiger partial charge in [-0.1, -0.05) is 290 Å². The fraction of sp³-hybridized carbons (Fsp3) is 0.893. The third-order valence-corrected chi connectivity index (χ3v) is 15.0. The van der Waals surface area contributed by atoms with Crippen molar-refractivity contribution in [3.05, 3.63) is 23.8 Å². The maximum Gasteiger partial charge on any atom is 0.00858 e. The summed E-state index contributed by atoms with van der Waals surface area (Å²) in [5, 5.41) is 0. The van der Waals surface area contributed by atoms with Gasteiger partial charge in [0.2, 0.25) is 0 Å². The highest BCUT2D eigenvalue weighted by Crippen LogP contribution is 2.29. The summed E-state index contributed by atoms with van der Waals surface area (Å²) >= 11 is 4.22. The van der Waals surface area contributed by atoms with E-state index in [1.807, 2.05) is 0 Å². The average Bonchev–Trinajstić information content (AvgIpc) is 3.24. The molecular formula is C56H106S2. The minimum Gasteiger partial charge on any atom is -0.126 e. The van der Waals surface area contributed by atoms with Crippen molar-refractivity contribution in [1.82, 2.24) is 0 Å². The molecule has 0 atom stereocenters. The van der Waals surface area contributed by atoms with E-state index < -0.39 is 0 Å². The molecule has 0 aliphatic carbocycles. The monoisotopic (exact) mass is 843 g/mol. The molecule has 0 heterocycles. The van der Waals surface area contributed by atoms with Gasteiger partial charge in [-0.2, -0.15) is 0 Å². The highest BCUT2D eigenvalue weighted by atomic mass is 32.2. The molecule has 0 saturated carbocycles. The van der Waals surface area contributed by atoms with Gasteiger partial charge >= 0.3 is 0 Å². The van der Waals surface area contributed by atoms with Crippen LogP contribution < -0.4 is 0 Å². The quantitative estimate of drug-likeness (QED) is 0.0473. The molecular weight excluding hydrogens is 737 g/mol. The second-order valence-corrected chi connectivity index (χ2v) is 21.0. The van der Waals surface area contributed by atoms with Crippen LogP contribution in [0.15, 0.2) is 28.0 Å². The van der Waals surface area contributed by atoms with Gasteiger partial charge in [-0.05, 0) is 54.5 Å². The van der Waals surface area contributed by atoms with Crippen LogP contribution in [0.25, 0.3) is 0 Å². The van der Waals surface area contributed by atoms with Crippen LogP contribution in [0.1, 0.15) is 309 Å². The molecule has 0 unspecified atom stereocenters. The second kappa shape index (κ2) is 48.0. The lowest BCUT2D eigenvalue weighted by molar-refractivity contribution is 0.520. The van der Waals surface area contributed by atoms with Gasteiger partial charge in [-0.25, -0.2) is 0 Å². The van der Waals surface area contributed by atoms with E-state index in [4.69, 9.17) is 0 Å². The Morgan fingerprint density at radius 3 is 0.621 bits per heavy atom. The molecule has 0 saturated heterocycles. The molecule has 0 amide bonds. The normalized spacial score (nSPS) is 11.6. The van der Waals surface area contributed by atoms with Crippen molar-refractivity contribution < 1.29 is 0 Å². The summed E-state index contributed by atoms with van der Waals surface area (Å²) < 4.78 is 0. The zero-order valence-corrected chi connectivity index (χ0v) is 41.9. The van der Waals surface area contributed by atoms with Crippen LogP contribution in [-0.4, -0.2) is 11.5 Å². The van der Waals surface area contributed by atoms with Gasteiger partial charge in [0.05, 0.1) is 0 Å². The van der Waals surface area contributed by atoms with Crippen molar-refractivity contribution in [2.24, 2.45) is 0 Å². The fourth-order valence-corrected chi connectivity index (χ4v) is 10.9. The van der Waals surface area contributed by atoms with E-state index in [2.05, 4.69) is 62.5 Å². The summed E-state index contributed by atoms with van der Waals surface area (Å²) in [7, 11) is 0. The van der Waals surface area contributed by atoms with E-state index in [1.165, 1.54) is 309 Å². The number of thioether (sulfide) groups is 2. The van der Waals surface area contributed by atoms with Crippen LogP contribution in [-0.2, 0) is 6.42 Å². The van der Waals surface area contributed by atoms with E-state index >= 15 is 0 Å². The Bertz CT molecular complexity index is 842. The summed E-state index contributed by atoms with van der Waals surface area (Å²) in [5.74, 6) is 2.58. The third kappa shape index (κ3) is 41.3. The zero-order valence-electron chi connectivity index (χ0n) is 40.3. The highest BCUT2D eigenvalue weighted by molar-refractivity contribution is 8.00. The lowest BCUT2D eigenvalue weighted by atomic mass is 10.0. The van der Waals surface area contributed by atoms with E-state index in [-0.39, 0.29) is 0 Å². The van der Waals surface area contributed by atoms with E-state index in [1.54, 1.807) is 0 Å². The van der Waals surface area contributed by atoms with Gasteiger partial charge in [0.25, 0.3) is 0 Å². The highest BCUT2D eigenvalue weighted by Gasteiger charge is 2.04. The minimum atomic E-state index is 1.15. The fourth-order valence-electron chi connectivity index (χ4n) is 8.80. The number of aryl methyl sites for hydroxylation is 1. The van der Waals surface area contributed by atoms with Crippen molar-refractivity contribution in [3.63, 3.8) is 0 Å². The Morgan fingerprint density at radius 1 is 0.241 bits per heavy atom. The summed E-state index contributed by atoms with van der Waals surface area (Å²) in [6, 6.07) is 7.42. The van der Waals surface area contributed by atoms with Gasteiger partial charge in [-0.15, -0.1) is 23.5 Å². The maximum absolute atomic E-state index is 2.49. The first-order valence-electron chi connectivity index (χ1n) is 27.2. The van der Waals surface area contributed by atoms with Crippen LogP contribution >= 0.6 is 23.5 Å². The molecule has 0 N–H and O–H groups in total. The number of hydrogen-bond donors (Lipinski definition) is 0. The molecule has 0 nitrogen and oxygen atoms in total. The molecule has 1 aromatic carbocycles. The number of unbranched alkanes of at least 4 members (excludes halogenated alkanes) is 42. The largest absolute Gasteiger partial charge is 0.126 e. The van der Waals surface area contributed by atoms with Crippen LogP contribution in [0.3, 0.4) is 0 Å². The Kier molecular flexibility index (Phi) is 46.3. The van der Waals surface area contributed by atoms with Crippen LogP contribution in [0.2, 0.25) is 0 Å². The Balaban J connectivity index is 1.86. The maximum atomic E-state index is 2.49. The van der Waals surface area contributed by atoms with Gasteiger partial charge in [0, 0.05) is 9.79 Å². The zero-order chi connectivity index (χ0) is 41.5. The lowest BCUT2D eigenvalue weighted by Gasteiger charge is -2.09. The van der Waals surface area contributed by atoms with Crippen molar-refractivity contribution >= 4 is 23.5 Å². The summed E-state index contributed by atoms with van der Waals surface area (Å²) in [5.41, 5.74) is 1.52. The Hall–Kier alpha value is -0.0800. The van der Waals surface area contributed by atoms with Crippen molar-refractivity contribution in [1.29, 1.82) is 0 Å². The van der Waals surface area contributed by atoms with Crippen molar-refractivity contribution in [2.45, 2.75) is 319 Å². The van der Waals surface area contributed by atoms with Gasteiger partial charge in [-0.3, -0.25) is 0 Å². The molecule has 1 aromatic rings. The molecule has 0 aromatic heterocycles. The summed E-state index contributed by atoms with van der Waals surface area (Å²) in [4.78, 5) is 3.03. The molecule has 342 valence electrons. The molecule has 58 heavy (non-hydrogen) atoms. The first-order chi connectivity index (χ1) is 28.8. The topological polar surface area (TPSA) is 0 Å². The molecule has 0 fully saturated rings. The van der Waals surface area contributed by atoms with Gasteiger partial charge < -0.3 is 0 Å². The molecule has 2 heteroatoms. The molecule has 0 bridgehead atoms. The molecule has 1 rings (SSSR count). The second-order valence-electron chi connectivity index (χ2n) is 18.7. The number of benzene rings is 1. The van der Waals surface area contributed by atoms with Crippen LogP contribution in [0.5, 0.6) is 0 Å². The summed E-state index contributed by atoms with van der Waals surface area (Å²) in [6.45, 7) is 6.94. The Labute approximate surface area is 376 Å².